The maximum absolute atomic E-state index is 11.0. The summed E-state index contributed by atoms with van der Waals surface area (Å²) in [6.07, 6.45) is 0. The van der Waals surface area contributed by atoms with E-state index in [9.17, 15) is 4.21 Å². The summed E-state index contributed by atoms with van der Waals surface area (Å²) in [5.74, 6) is 1.21. The maximum Gasteiger partial charge on any atom is 0.0642 e. The molecule has 2 rings (SSSR count). The average Bonchev–Trinajstić information content (AvgIpc) is 2.03. The van der Waals surface area contributed by atoms with Crippen molar-refractivity contribution in [2.75, 3.05) is 11.5 Å². The van der Waals surface area contributed by atoms with Crippen LogP contribution >= 0.6 is 0 Å². The van der Waals surface area contributed by atoms with Gasteiger partial charge in [-0.25, -0.2) is 0 Å². The van der Waals surface area contributed by atoms with Gasteiger partial charge in [-0.05, 0) is 12.5 Å². The van der Waals surface area contributed by atoms with Crippen molar-refractivity contribution >= 4 is 10.8 Å². The van der Waals surface area contributed by atoms with Gasteiger partial charge in [-0.3, -0.25) is 4.21 Å². The first-order valence-corrected chi connectivity index (χ1v) is 5.80. The van der Waals surface area contributed by atoms with Crippen LogP contribution < -0.4 is 5.73 Å². The summed E-state index contributed by atoms with van der Waals surface area (Å²) in [6.45, 7) is 2.05. The van der Waals surface area contributed by atoms with E-state index in [1.807, 2.05) is 31.2 Å². The smallest absolute Gasteiger partial charge is 0.0642 e. The third-order valence-corrected chi connectivity index (χ3v) is 4.14. The van der Waals surface area contributed by atoms with Crippen LogP contribution in [-0.2, 0) is 16.3 Å². The van der Waals surface area contributed by atoms with Gasteiger partial charge in [0.1, 0.15) is 0 Å². The zero-order chi connectivity index (χ0) is 9.47. The number of hydrogen-bond donors (Lipinski definition) is 1. The fraction of sp³-hybridized carbons (Fsp3) is 0.400. The quantitative estimate of drug-likeness (QED) is 0.724. The van der Waals surface area contributed by atoms with Crippen molar-refractivity contribution < 1.29 is 4.21 Å². The summed E-state index contributed by atoms with van der Waals surface area (Å²) in [5, 5.41) is 0. The highest BCUT2D eigenvalue weighted by molar-refractivity contribution is 7.86. The molecule has 1 fully saturated rings. The number of hydrogen-bond acceptors (Lipinski definition) is 2. The summed E-state index contributed by atoms with van der Waals surface area (Å²) in [5.41, 5.74) is 8.09. The Morgan fingerprint density at radius 1 is 1.31 bits per heavy atom. The van der Waals surface area contributed by atoms with Crippen LogP contribution in [0.5, 0.6) is 0 Å². The molecular weight excluding hydrogens is 182 g/mol. The topological polar surface area (TPSA) is 43.1 Å². The summed E-state index contributed by atoms with van der Waals surface area (Å²) in [7, 11) is -0.692. The summed E-state index contributed by atoms with van der Waals surface area (Å²) in [4.78, 5) is 0. The number of rotatable bonds is 1. The maximum atomic E-state index is 11.0. The Kier molecular flexibility index (Phi) is 2.00. The molecule has 0 unspecified atom stereocenters. The van der Waals surface area contributed by atoms with Gasteiger partial charge in [0.25, 0.3) is 0 Å². The van der Waals surface area contributed by atoms with Crippen molar-refractivity contribution in [3.05, 3.63) is 35.4 Å². The van der Waals surface area contributed by atoms with Crippen LogP contribution in [0.1, 0.15) is 11.1 Å². The highest BCUT2D eigenvalue weighted by Gasteiger charge is 2.40. The van der Waals surface area contributed by atoms with Crippen molar-refractivity contribution in [1.82, 2.24) is 0 Å². The molecule has 1 aromatic rings. The molecule has 70 valence electrons. The molecule has 1 aliphatic rings. The lowest BCUT2D eigenvalue weighted by molar-refractivity contribution is 0.514. The second kappa shape index (κ2) is 2.93. The molecule has 1 saturated heterocycles. The minimum absolute atomic E-state index is 0.321. The van der Waals surface area contributed by atoms with Crippen molar-refractivity contribution in [1.29, 1.82) is 0 Å². The highest BCUT2D eigenvalue weighted by atomic mass is 32.2. The Labute approximate surface area is 80.6 Å². The Balaban J connectivity index is 2.26. The fourth-order valence-electron chi connectivity index (χ4n) is 1.58. The van der Waals surface area contributed by atoms with Gasteiger partial charge in [-0.1, -0.05) is 29.8 Å². The van der Waals surface area contributed by atoms with Crippen molar-refractivity contribution in [2.24, 2.45) is 5.73 Å². The SMILES string of the molecule is Cc1ccc(C2(N)CS(=O)C2)cc1. The van der Waals surface area contributed by atoms with E-state index in [2.05, 4.69) is 0 Å². The molecule has 13 heavy (non-hydrogen) atoms. The van der Waals surface area contributed by atoms with Gasteiger partial charge in [-0.15, -0.1) is 0 Å². The first kappa shape index (κ1) is 8.91. The van der Waals surface area contributed by atoms with Crippen LogP contribution in [0.25, 0.3) is 0 Å². The minimum Gasteiger partial charge on any atom is -0.320 e. The molecule has 0 saturated carbocycles. The van der Waals surface area contributed by atoms with Crippen molar-refractivity contribution in [3.8, 4) is 0 Å². The molecule has 0 aromatic heterocycles. The first-order chi connectivity index (χ1) is 6.10. The van der Waals surface area contributed by atoms with Crippen LogP contribution in [0.3, 0.4) is 0 Å². The van der Waals surface area contributed by atoms with Crippen LogP contribution in [0.2, 0.25) is 0 Å². The Hall–Kier alpha value is -0.670. The van der Waals surface area contributed by atoms with Gasteiger partial charge in [0, 0.05) is 22.3 Å². The molecule has 0 atom stereocenters. The zero-order valence-corrected chi connectivity index (χ0v) is 8.43. The Morgan fingerprint density at radius 3 is 2.31 bits per heavy atom. The Bertz CT molecular complexity index is 336. The molecule has 0 radical (unpaired) electrons. The van der Waals surface area contributed by atoms with E-state index in [0.29, 0.717) is 11.5 Å². The van der Waals surface area contributed by atoms with Crippen LogP contribution in [-0.4, -0.2) is 15.7 Å². The standard InChI is InChI=1S/C10H13NOS/c1-8-2-4-9(5-3-8)10(11)6-13(12)7-10/h2-5H,6-7,11H2,1H3. The van der Waals surface area contributed by atoms with E-state index >= 15 is 0 Å². The highest BCUT2D eigenvalue weighted by Crippen LogP contribution is 2.28. The average molecular weight is 195 g/mol. The lowest BCUT2D eigenvalue weighted by Crippen LogP contribution is -2.55. The van der Waals surface area contributed by atoms with Gasteiger partial charge in [0.15, 0.2) is 0 Å². The number of aryl methyl sites for hydroxylation is 1. The van der Waals surface area contributed by atoms with E-state index < -0.39 is 10.8 Å². The molecular formula is C10H13NOS. The second-order valence-electron chi connectivity index (χ2n) is 3.75. The fourth-order valence-corrected chi connectivity index (χ4v) is 2.98. The van der Waals surface area contributed by atoms with Gasteiger partial charge < -0.3 is 5.73 Å². The van der Waals surface area contributed by atoms with Crippen LogP contribution in [0, 0.1) is 6.92 Å². The van der Waals surface area contributed by atoms with E-state index in [1.165, 1.54) is 5.56 Å². The van der Waals surface area contributed by atoms with E-state index in [4.69, 9.17) is 5.73 Å². The Morgan fingerprint density at radius 2 is 1.85 bits per heavy atom. The molecule has 0 spiro atoms. The summed E-state index contributed by atoms with van der Waals surface area (Å²) >= 11 is 0. The molecule has 0 amide bonds. The molecule has 1 heterocycles. The van der Waals surface area contributed by atoms with Crippen LogP contribution in [0.4, 0.5) is 0 Å². The molecule has 2 N–H and O–H groups in total. The zero-order valence-electron chi connectivity index (χ0n) is 7.62. The lowest BCUT2D eigenvalue weighted by Gasteiger charge is -2.37. The molecule has 0 aliphatic carbocycles. The molecule has 1 aromatic carbocycles. The molecule has 1 aliphatic heterocycles. The second-order valence-corrected chi connectivity index (χ2v) is 5.21. The number of nitrogens with two attached hydrogens (primary N) is 1. The van der Waals surface area contributed by atoms with E-state index in [-0.39, 0.29) is 5.54 Å². The van der Waals surface area contributed by atoms with Gasteiger partial charge in [-0.2, -0.15) is 0 Å². The lowest BCUT2D eigenvalue weighted by atomic mass is 9.94. The third kappa shape index (κ3) is 1.54. The van der Waals surface area contributed by atoms with E-state index in [0.717, 1.165) is 5.56 Å². The third-order valence-electron chi connectivity index (χ3n) is 2.46. The monoisotopic (exact) mass is 195 g/mol. The van der Waals surface area contributed by atoms with E-state index in [1.54, 1.807) is 0 Å². The van der Waals surface area contributed by atoms with Gasteiger partial charge >= 0.3 is 0 Å². The van der Waals surface area contributed by atoms with Crippen molar-refractivity contribution in [2.45, 2.75) is 12.5 Å². The minimum atomic E-state index is -0.692. The van der Waals surface area contributed by atoms with Gasteiger partial charge in [0.05, 0.1) is 5.54 Å². The predicted molar refractivity (Wildman–Crippen MR) is 54.9 cm³/mol. The first-order valence-electron chi connectivity index (χ1n) is 4.31. The number of benzene rings is 1. The molecule has 3 heteroatoms. The summed E-state index contributed by atoms with van der Waals surface area (Å²) in [6, 6.07) is 8.16. The van der Waals surface area contributed by atoms with Gasteiger partial charge in [0.2, 0.25) is 0 Å². The molecule has 0 bridgehead atoms. The van der Waals surface area contributed by atoms with Crippen molar-refractivity contribution in [3.63, 3.8) is 0 Å². The largest absolute Gasteiger partial charge is 0.320 e. The predicted octanol–water partition coefficient (Wildman–Crippen LogP) is 0.911. The summed E-state index contributed by atoms with van der Waals surface area (Å²) < 4.78 is 11.0. The van der Waals surface area contributed by atoms with Crippen LogP contribution in [0.15, 0.2) is 24.3 Å². The normalized spacial score (nSPS) is 32.6. The molecule has 2 nitrogen and oxygen atoms in total.